The molecule has 0 aliphatic rings. The maximum atomic E-state index is 11.7. The summed E-state index contributed by atoms with van der Waals surface area (Å²) < 4.78 is 4.84. The smallest absolute Gasteiger partial charge is 0.343 e. The molecule has 1 aromatic rings. The van der Waals surface area contributed by atoms with Gasteiger partial charge in [-0.3, -0.25) is 4.79 Å². The summed E-state index contributed by atoms with van der Waals surface area (Å²) in [7, 11) is 0. The average Bonchev–Trinajstić information content (AvgIpc) is 2.28. The Kier molecular flexibility index (Phi) is 4.84. The molecule has 18 heavy (non-hydrogen) atoms. The number of allylic oxidation sites excluding steroid dienone is 1. The van der Waals surface area contributed by atoms with Crippen LogP contribution in [0.2, 0.25) is 0 Å². The molecule has 0 aliphatic heterocycles. The highest BCUT2D eigenvalue weighted by molar-refractivity contribution is 5.97. The lowest BCUT2D eigenvalue weighted by Gasteiger charge is -2.07. The summed E-state index contributed by atoms with van der Waals surface area (Å²) >= 11 is 0. The molecule has 0 aromatic heterocycles. The van der Waals surface area contributed by atoms with Gasteiger partial charge in [0.1, 0.15) is 0 Å². The van der Waals surface area contributed by atoms with E-state index < -0.39 is 5.97 Å². The maximum Gasteiger partial charge on any atom is 0.343 e. The third-order valence-corrected chi connectivity index (χ3v) is 2.44. The zero-order valence-electron chi connectivity index (χ0n) is 11.0. The highest BCUT2D eigenvalue weighted by Gasteiger charge is 2.11. The van der Waals surface area contributed by atoms with Gasteiger partial charge in [-0.1, -0.05) is 32.6 Å². The largest absolute Gasteiger partial charge is 0.420 e. The Morgan fingerprint density at radius 2 is 1.78 bits per heavy atom. The Morgan fingerprint density at radius 3 is 2.22 bits per heavy atom. The van der Waals surface area contributed by atoms with Crippen LogP contribution in [0.1, 0.15) is 36.7 Å². The van der Waals surface area contributed by atoms with E-state index >= 15 is 0 Å². The molecule has 0 saturated carbocycles. The second kappa shape index (κ2) is 6.15. The second-order valence-electron chi connectivity index (χ2n) is 4.66. The Bertz CT molecular complexity index is 455. The molecule has 3 nitrogen and oxygen atoms in total. The van der Waals surface area contributed by atoms with Crippen LogP contribution in [-0.4, -0.2) is 11.8 Å². The topological polar surface area (TPSA) is 43.4 Å². The molecule has 0 bridgehead atoms. The van der Waals surface area contributed by atoms with Crippen LogP contribution in [0, 0.1) is 5.92 Å². The standard InChI is InChI=1S/C15H18O3/c1-10(2)9-13-5-7-14(8-6-13)15(17)18-12(4)11(3)16/h5-8,10H,4,9H2,1-3H3. The molecular weight excluding hydrogens is 228 g/mol. The number of carbonyl (C=O) groups excluding carboxylic acids is 2. The minimum absolute atomic E-state index is 0.133. The Labute approximate surface area is 107 Å². The minimum Gasteiger partial charge on any atom is -0.420 e. The number of Topliss-reactive ketones (excluding diaryl/α,β-unsaturated/α-hetero) is 1. The monoisotopic (exact) mass is 246 g/mol. The van der Waals surface area contributed by atoms with Crippen LogP contribution in [0.5, 0.6) is 0 Å². The molecule has 0 heterocycles. The van der Waals surface area contributed by atoms with Crippen molar-refractivity contribution in [3.05, 3.63) is 47.7 Å². The van der Waals surface area contributed by atoms with Gasteiger partial charge in [-0.15, -0.1) is 0 Å². The first-order valence-corrected chi connectivity index (χ1v) is 5.91. The molecule has 0 N–H and O–H groups in total. The Balaban J connectivity index is 2.70. The first kappa shape index (κ1) is 14.2. The van der Waals surface area contributed by atoms with Crippen LogP contribution < -0.4 is 0 Å². The van der Waals surface area contributed by atoms with Crippen LogP contribution in [0.15, 0.2) is 36.6 Å². The predicted molar refractivity (Wildman–Crippen MR) is 70.2 cm³/mol. The molecule has 96 valence electrons. The van der Waals surface area contributed by atoms with E-state index in [1.807, 2.05) is 12.1 Å². The molecule has 0 aliphatic carbocycles. The number of rotatable bonds is 5. The summed E-state index contributed by atoms with van der Waals surface area (Å²) in [6.45, 7) is 8.97. The van der Waals surface area contributed by atoms with E-state index in [9.17, 15) is 9.59 Å². The summed E-state index contributed by atoms with van der Waals surface area (Å²) in [5, 5.41) is 0. The summed E-state index contributed by atoms with van der Waals surface area (Å²) in [5.74, 6) is -0.461. The Hall–Kier alpha value is -1.90. The Morgan fingerprint density at radius 1 is 1.22 bits per heavy atom. The highest BCUT2D eigenvalue weighted by atomic mass is 16.5. The molecule has 0 atom stereocenters. The first-order chi connectivity index (χ1) is 8.40. The first-order valence-electron chi connectivity index (χ1n) is 5.91. The number of esters is 1. The molecule has 1 rings (SSSR count). The fourth-order valence-electron chi connectivity index (χ4n) is 1.49. The van der Waals surface area contributed by atoms with E-state index in [1.54, 1.807) is 12.1 Å². The van der Waals surface area contributed by atoms with Gasteiger partial charge in [0.2, 0.25) is 0 Å². The van der Waals surface area contributed by atoms with Gasteiger partial charge in [-0.2, -0.15) is 0 Å². The zero-order valence-corrected chi connectivity index (χ0v) is 11.0. The van der Waals surface area contributed by atoms with E-state index in [4.69, 9.17) is 4.74 Å². The molecule has 0 amide bonds. The average molecular weight is 246 g/mol. The van der Waals surface area contributed by atoms with Crippen molar-refractivity contribution in [2.75, 3.05) is 0 Å². The second-order valence-corrected chi connectivity index (χ2v) is 4.66. The van der Waals surface area contributed by atoms with Gasteiger partial charge in [0.15, 0.2) is 11.5 Å². The van der Waals surface area contributed by atoms with Crippen molar-refractivity contribution >= 4 is 11.8 Å². The zero-order chi connectivity index (χ0) is 13.7. The molecule has 3 heteroatoms. The van der Waals surface area contributed by atoms with Crippen LogP contribution in [0.25, 0.3) is 0 Å². The van der Waals surface area contributed by atoms with E-state index in [-0.39, 0.29) is 11.5 Å². The number of hydrogen-bond donors (Lipinski definition) is 0. The molecule has 0 unspecified atom stereocenters. The van der Waals surface area contributed by atoms with E-state index in [0.29, 0.717) is 11.5 Å². The highest BCUT2D eigenvalue weighted by Crippen LogP contribution is 2.11. The van der Waals surface area contributed by atoms with Crippen molar-refractivity contribution in [1.82, 2.24) is 0 Å². The molecule has 0 saturated heterocycles. The van der Waals surface area contributed by atoms with E-state index in [1.165, 1.54) is 12.5 Å². The van der Waals surface area contributed by atoms with Gasteiger partial charge in [-0.25, -0.2) is 4.79 Å². The van der Waals surface area contributed by atoms with Crippen molar-refractivity contribution in [3.8, 4) is 0 Å². The van der Waals surface area contributed by atoms with Gasteiger partial charge in [0.05, 0.1) is 5.56 Å². The van der Waals surface area contributed by atoms with Crippen molar-refractivity contribution < 1.29 is 14.3 Å². The fourth-order valence-corrected chi connectivity index (χ4v) is 1.49. The van der Waals surface area contributed by atoms with E-state index in [2.05, 4.69) is 20.4 Å². The minimum atomic E-state index is -0.550. The number of ether oxygens (including phenoxy) is 1. The third-order valence-electron chi connectivity index (χ3n) is 2.44. The normalized spacial score (nSPS) is 10.2. The molecule has 0 fully saturated rings. The number of hydrogen-bond acceptors (Lipinski definition) is 3. The molecule has 1 aromatic carbocycles. The van der Waals surface area contributed by atoms with Crippen molar-refractivity contribution in [1.29, 1.82) is 0 Å². The number of benzene rings is 1. The third kappa shape index (κ3) is 4.17. The molecule has 0 spiro atoms. The molecule has 0 radical (unpaired) electrons. The van der Waals surface area contributed by atoms with Gasteiger partial charge in [0.25, 0.3) is 0 Å². The molecular formula is C15H18O3. The lowest BCUT2D eigenvalue weighted by atomic mass is 10.0. The predicted octanol–water partition coefficient (Wildman–Crippen LogP) is 3.14. The van der Waals surface area contributed by atoms with Crippen LogP contribution in [0.3, 0.4) is 0 Å². The lowest BCUT2D eigenvalue weighted by Crippen LogP contribution is -2.09. The van der Waals surface area contributed by atoms with Gasteiger partial charge >= 0.3 is 5.97 Å². The van der Waals surface area contributed by atoms with Gasteiger partial charge in [0, 0.05) is 6.92 Å². The summed E-state index contributed by atoms with van der Waals surface area (Å²) in [4.78, 5) is 22.6. The lowest BCUT2D eigenvalue weighted by molar-refractivity contribution is -0.116. The summed E-state index contributed by atoms with van der Waals surface area (Å²) in [6, 6.07) is 7.20. The SMILES string of the molecule is C=C(OC(=O)c1ccc(CC(C)C)cc1)C(C)=O. The van der Waals surface area contributed by atoms with Crippen molar-refractivity contribution in [2.24, 2.45) is 5.92 Å². The number of carbonyl (C=O) groups is 2. The maximum absolute atomic E-state index is 11.7. The van der Waals surface area contributed by atoms with Crippen LogP contribution >= 0.6 is 0 Å². The van der Waals surface area contributed by atoms with Crippen molar-refractivity contribution in [2.45, 2.75) is 27.2 Å². The summed E-state index contributed by atoms with van der Waals surface area (Å²) in [6.07, 6.45) is 0.968. The van der Waals surface area contributed by atoms with Gasteiger partial charge in [-0.05, 0) is 30.0 Å². The van der Waals surface area contributed by atoms with Crippen LogP contribution in [-0.2, 0) is 16.0 Å². The summed E-state index contributed by atoms with van der Waals surface area (Å²) in [5.41, 5.74) is 1.59. The van der Waals surface area contributed by atoms with Crippen LogP contribution in [0.4, 0.5) is 0 Å². The number of ketones is 1. The quantitative estimate of drug-likeness (QED) is 0.455. The fraction of sp³-hybridized carbons (Fsp3) is 0.333. The van der Waals surface area contributed by atoms with Crippen molar-refractivity contribution in [3.63, 3.8) is 0 Å². The van der Waals surface area contributed by atoms with E-state index in [0.717, 1.165) is 6.42 Å². The van der Waals surface area contributed by atoms with Gasteiger partial charge < -0.3 is 4.74 Å².